The number of tetrazole rings is 4. The van der Waals surface area contributed by atoms with Crippen molar-refractivity contribution in [1.82, 2.24) is 82.5 Å². The van der Waals surface area contributed by atoms with E-state index in [0.717, 1.165) is 36.4 Å². The Labute approximate surface area is 522 Å². The van der Waals surface area contributed by atoms with Crippen molar-refractivity contribution in [2.24, 2.45) is 40.9 Å². The van der Waals surface area contributed by atoms with Gasteiger partial charge in [0.05, 0.1) is 46.6 Å². The Morgan fingerprint density at radius 1 is 0.345 bits per heavy atom. The van der Waals surface area contributed by atoms with Crippen molar-refractivity contribution >= 4 is 70.4 Å². The van der Waals surface area contributed by atoms with Gasteiger partial charge in [-0.3, -0.25) is 0 Å². The monoisotopic (exact) mass is 1510 g/mol. The Morgan fingerprint density at radius 2 is 0.548 bits per heavy atom. The molecule has 0 amide bonds. The summed E-state index contributed by atoms with van der Waals surface area (Å²) >= 11 is 0. The largest absolute Gasteiger partial charge is 3.00 e. The molecule has 8 aromatic rings. The number of aromatic carboxylic acids is 4. The van der Waals surface area contributed by atoms with E-state index in [1.54, 1.807) is 0 Å². The van der Waals surface area contributed by atoms with Gasteiger partial charge in [0.25, 0.3) is 0 Å². The molecule has 0 bridgehead atoms. The summed E-state index contributed by atoms with van der Waals surface area (Å²) in [7, 11) is 0. The van der Waals surface area contributed by atoms with Crippen LogP contribution in [0.25, 0.3) is 0 Å². The molecule has 0 saturated heterocycles. The molecule has 0 aliphatic rings. The number of nitrogens with one attached hydrogen (secondary N) is 4. The van der Waals surface area contributed by atoms with Crippen LogP contribution in [0.15, 0.2) is 114 Å². The van der Waals surface area contributed by atoms with Gasteiger partial charge in [-0.25, -0.2) is 0 Å². The van der Waals surface area contributed by atoms with E-state index in [0.29, 0.717) is 0 Å². The van der Waals surface area contributed by atoms with Crippen LogP contribution < -0.4 is 30.6 Å². The van der Waals surface area contributed by atoms with Crippen LogP contribution in [-0.2, 0) is 43.8 Å². The summed E-state index contributed by atoms with van der Waals surface area (Å²) in [6, 6.07) is 14.2. The second-order valence-electron chi connectivity index (χ2n) is 11.6. The Balaban J connectivity index is -0.0000000774. The predicted molar refractivity (Wildman–Crippen MR) is 259 cm³/mol. The first-order valence-corrected chi connectivity index (χ1v) is 17.4. The molecule has 0 spiro atoms. The number of nitrogens with zero attached hydrogens (tertiary/aromatic N) is 20. The maximum Gasteiger partial charge on any atom is 3.00 e. The van der Waals surface area contributed by atoms with Crippen LogP contribution in [0.1, 0.15) is 41.4 Å². The van der Waals surface area contributed by atoms with Gasteiger partial charge in [0.1, 0.15) is 11.5 Å². The normalized spacial score (nSPS) is 8.76. The van der Waals surface area contributed by atoms with E-state index in [1.807, 2.05) is 0 Å². The molecule has 4 aromatic heterocycles. The average Bonchev–Trinajstić information content (AvgIpc) is 4.19. The van der Waals surface area contributed by atoms with Crippen LogP contribution >= 0.6 is 0 Å². The van der Waals surface area contributed by atoms with Crippen molar-refractivity contribution in [2.45, 2.75) is 0 Å². The zero-order valence-electron chi connectivity index (χ0n) is 41.1. The third-order valence-electron chi connectivity index (χ3n) is 7.12. The predicted octanol–water partition coefficient (Wildman–Crippen LogP) is -14.9. The summed E-state index contributed by atoms with van der Waals surface area (Å²) in [5.41, 5.74) is -0.908. The van der Waals surface area contributed by atoms with Crippen molar-refractivity contribution in [1.29, 1.82) is 0 Å². The van der Waals surface area contributed by atoms with Crippen LogP contribution in [0.4, 0.5) is 46.5 Å². The Hall–Kier alpha value is -9.35. The fourth-order valence-electron chi connectivity index (χ4n) is 4.18. The van der Waals surface area contributed by atoms with E-state index in [2.05, 4.69) is 123 Å². The maximum absolute atomic E-state index is 11.1. The molecule has 84 heavy (non-hydrogen) atoms. The number of hydrogen-bond acceptors (Lipinski definition) is 32. The fourth-order valence-corrected chi connectivity index (χ4v) is 4.18. The first-order valence-electron chi connectivity index (χ1n) is 17.4. The summed E-state index contributed by atoms with van der Waals surface area (Å²) in [4.78, 5) is 42.4. The summed E-state index contributed by atoms with van der Waals surface area (Å²) in [5.74, 6) is -8.23. The molecule has 0 aliphatic heterocycles. The van der Waals surface area contributed by atoms with Crippen molar-refractivity contribution in [2.75, 3.05) is 0 Å². The van der Waals surface area contributed by atoms with Crippen LogP contribution in [0.2, 0.25) is 0 Å². The molecular formula is C32H54N24O26Tb2+8. The number of azo groups is 4. The van der Waals surface area contributed by atoms with Gasteiger partial charge in [0, 0.05) is 11.1 Å². The van der Waals surface area contributed by atoms with Gasteiger partial charge >= 0.3 is 101 Å². The molecule has 0 atom stereocenters. The Bertz CT molecular complexity index is 2720. The van der Waals surface area contributed by atoms with Crippen LogP contribution in [0.5, 0.6) is 23.0 Å². The van der Waals surface area contributed by atoms with E-state index >= 15 is 0 Å². The number of phenols is 2. The van der Waals surface area contributed by atoms with Gasteiger partial charge in [0.2, 0.25) is 0 Å². The number of benzene rings is 4. The quantitative estimate of drug-likeness (QED) is 0.0489. The van der Waals surface area contributed by atoms with Gasteiger partial charge in [-0.05, 0) is 92.6 Å². The second kappa shape index (κ2) is 51.8. The van der Waals surface area contributed by atoms with Crippen molar-refractivity contribution < 1.29 is 214 Å². The van der Waals surface area contributed by atoms with E-state index in [-0.39, 0.29) is 212 Å². The SMILES string of the molecule is O.O.O.O.O.O.O=C([O-])c1cc(N=Nc2nn[nH]n2)ccc1O.O=C([O-])c1cc(N=Nc2nn[nH]n2)ccc1O.O=C([O-])c1cc(N=Nc2nn[nH]n2)ccc1[O-].O=C([O-])c1cc(N=Nc2nn[nH]n2)ccc1[O-].[OH3+].[OH3+].[OH3+].[OH3+].[OH3+].[OH3+].[OH3+].[OH3+].[Tb+3].[Tb+3]. The number of aromatic amines is 4. The van der Waals surface area contributed by atoms with E-state index < -0.39 is 58.0 Å². The molecule has 8 rings (SSSR count). The number of aromatic nitrogens is 16. The summed E-state index contributed by atoms with van der Waals surface area (Å²) in [6.07, 6.45) is 0. The number of hydrogen-bond donors (Lipinski definition) is 6. The molecule has 0 aliphatic carbocycles. The average molecular weight is 1510 g/mol. The molecule has 0 radical (unpaired) electrons. The van der Waals surface area contributed by atoms with Gasteiger partial charge < -0.3 is 137 Å². The zero-order chi connectivity index (χ0) is 49.0. The fraction of sp³-hybridized carbons (Fsp3) is 0. The maximum atomic E-state index is 11.1. The van der Waals surface area contributed by atoms with E-state index in [9.17, 15) is 60.0 Å². The number of H-pyrrole nitrogens is 4. The summed E-state index contributed by atoms with van der Waals surface area (Å²) < 4.78 is 0. The van der Waals surface area contributed by atoms with Gasteiger partial charge in [-0.15, -0.1) is 61.3 Å². The summed E-state index contributed by atoms with van der Waals surface area (Å²) in [5, 5.41) is 162. The minimum absolute atomic E-state index is 0. The van der Waals surface area contributed by atoms with Crippen LogP contribution in [-0.4, -0.2) is 149 Å². The molecule has 4 heterocycles. The molecule has 4 aromatic carbocycles. The molecular weight excluding hydrogens is 1450 g/mol. The Morgan fingerprint density at radius 3 is 0.738 bits per heavy atom. The standard InChI is InChI=1S/4C8H6N6O3.14H2O.2Tb/c4*15-6-2-1-4(3-5(6)7(16)17)9-10-8-11-13-14-12-8;;;;;;;;;;;;;;;;/h4*1-3,15H,(H,16,17)(H,11,12,13,14);14*1H2;;/q;;;;;;;;;;;;;;;;;;2*+3/p+2. The third-order valence-corrected chi connectivity index (χ3v) is 7.12. The molecule has 468 valence electrons. The third kappa shape index (κ3) is 32.8. The molecule has 50 nitrogen and oxygen atoms in total. The van der Waals surface area contributed by atoms with Crippen molar-refractivity contribution in [3.05, 3.63) is 95.1 Å². The molecule has 52 heteroatoms. The van der Waals surface area contributed by atoms with Gasteiger partial charge in [-0.1, -0.05) is 44.0 Å². The Kier molecular flexibility index (Phi) is 63.6. The number of carbonyl (C=O) groups excluding carboxylic acids is 4. The zero-order valence-corrected chi connectivity index (χ0v) is 45.4. The molecule has 42 N–H and O–H groups in total. The second-order valence-corrected chi connectivity index (χ2v) is 11.6. The first kappa shape index (κ1) is 103. The van der Waals surface area contributed by atoms with Crippen molar-refractivity contribution in [3.63, 3.8) is 0 Å². The minimum Gasteiger partial charge on any atom is -0.872 e. The van der Waals surface area contributed by atoms with Crippen LogP contribution in [0, 0.1) is 77.2 Å². The molecule has 0 unspecified atom stereocenters. The summed E-state index contributed by atoms with van der Waals surface area (Å²) in [6.45, 7) is 0. The number of carbonyl (C=O) groups is 4. The van der Waals surface area contributed by atoms with Crippen molar-refractivity contribution in [3.8, 4) is 23.0 Å². The smallest absolute Gasteiger partial charge is 0.872 e. The van der Waals surface area contributed by atoms with Gasteiger partial charge in [-0.2, -0.15) is 20.9 Å². The minimum atomic E-state index is -1.56. The van der Waals surface area contributed by atoms with E-state index in [4.69, 9.17) is 0 Å². The number of carboxylic acid groups (broad SMARTS) is 4. The number of rotatable bonds is 12. The number of aromatic hydroxyl groups is 2. The van der Waals surface area contributed by atoms with E-state index in [1.165, 1.54) is 36.4 Å². The number of carboxylic acids is 4. The first-order chi connectivity index (χ1) is 32.7. The topological polar surface area (TPSA) is 1020 Å². The molecule has 0 fully saturated rings. The van der Waals surface area contributed by atoms with Crippen LogP contribution in [0.3, 0.4) is 0 Å². The van der Waals surface area contributed by atoms with Gasteiger partial charge in [0.15, 0.2) is 0 Å². The molecule has 0 saturated carbocycles.